The number of aliphatic hydroxyl groups is 1. The van der Waals surface area contributed by atoms with Gasteiger partial charge in [0.05, 0.1) is 6.10 Å². The van der Waals surface area contributed by atoms with Crippen molar-refractivity contribution in [1.29, 1.82) is 0 Å². The van der Waals surface area contributed by atoms with Gasteiger partial charge in [-0.05, 0) is 13.1 Å². The van der Waals surface area contributed by atoms with Crippen LogP contribution >= 0.6 is 11.8 Å². The van der Waals surface area contributed by atoms with Gasteiger partial charge >= 0.3 is 0 Å². The van der Waals surface area contributed by atoms with Gasteiger partial charge in [-0.15, -0.1) is 0 Å². The number of hydrogen-bond donors (Lipinski definition) is 1. The highest BCUT2D eigenvalue weighted by Gasteiger charge is 2.28. The Balaban J connectivity index is 2.17. The Labute approximate surface area is 99.5 Å². The Kier molecular flexibility index (Phi) is 3.84. The maximum absolute atomic E-state index is 13.5. The molecule has 16 heavy (non-hydrogen) atoms. The van der Waals surface area contributed by atoms with Gasteiger partial charge in [0.2, 0.25) is 0 Å². The zero-order chi connectivity index (χ0) is 11.5. The minimum atomic E-state index is -0.737. The van der Waals surface area contributed by atoms with Crippen molar-refractivity contribution < 1.29 is 9.50 Å². The number of likely N-dealkylation sites (N-methyl/N-ethyl adjacent to an activating group) is 1. The van der Waals surface area contributed by atoms with Gasteiger partial charge in [0.15, 0.2) is 0 Å². The van der Waals surface area contributed by atoms with Crippen LogP contribution < -0.4 is 0 Å². The summed E-state index contributed by atoms with van der Waals surface area (Å²) < 4.78 is 13.5. The Hall–Kier alpha value is -0.580. The summed E-state index contributed by atoms with van der Waals surface area (Å²) in [5.41, 5.74) is 0.404. The van der Waals surface area contributed by atoms with Crippen LogP contribution in [-0.2, 0) is 0 Å². The largest absolute Gasteiger partial charge is 0.387 e. The number of nitrogens with zero attached hydrogens (tertiary/aromatic N) is 1. The van der Waals surface area contributed by atoms with Gasteiger partial charge in [-0.2, -0.15) is 11.8 Å². The molecular formula is C12H16FNOS. The molecule has 0 aliphatic carbocycles. The normalized spacial score (nSPS) is 24.3. The lowest BCUT2D eigenvalue weighted by Gasteiger charge is -2.35. The first-order valence-electron chi connectivity index (χ1n) is 5.40. The Bertz CT molecular complexity index is 361. The summed E-state index contributed by atoms with van der Waals surface area (Å²) in [6.45, 7) is 0.945. The molecule has 2 rings (SSSR count). The molecule has 0 saturated carbocycles. The maximum Gasteiger partial charge on any atom is 0.129 e. The summed E-state index contributed by atoms with van der Waals surface area (Å²) in [6.07, 6.45) is -0.737. The number of halogens is 1. The van der Waals surface area contributed by atoms with E-state index >= 15 is 0 Å². The van der Waals surface area contributed by atoms with Crippen LogP contribution in [0.15, 0.2) is 24.3 Å². The Morgan fingerprint density at radius 1 is 1.50 bits per heavy atom. The molecule has 0 bridgehead atoms. The van der Waals surface area contributed by atoms with Gasteiger partial charge in [0.1, 0.15) is 5.82 Å². The Morgan fingerprint density at radius 3 is 2.94 bits per heavy atom. The highest BCUT2D eigenvalue weighted by molar-refractivity contribution is 7.99. The SMILES string of the molecule is CN1CCSCC1C(O)c1ccccc1F. The summed E-state index contributed by atoms with van der Waals surface area (Å²) in [4.78, 5) is 2.10. The van der Waals surface area contributed by atoms with Crippen molar-refractivity contribution >= 4 is 11.8 Å². The van der Waals surface area contributed by atoms with E-state index < -0.39 is 6.10 Å². The predicted octanol–water partition coefficient (Wildman–Crippen LogP) is 1.91. The molecule has 2 nitrogen and oxygen atoms in total. The van der Waals surface area contributed by atoms with Crippen LogP contribution in [0.25, 0.3) is 0 Å². The molecule has 1 aromatic carbocycles. The molecule has 2 atom stereocenters. The van der Waals surface area contributed by atoms with Crippen molar-refractivity contribution in [3.63, 3.8) is 0 Å². The van der Waals surface area contributed by atoms with Crippen LogP contribution in [0, 0.1) is 5.82 Å². The van der Waals surface area contributed by atoms with E-state index in [1.165, 1.54) is 6.07 Å². The average molecular weight is 241 g/mol. The molecule has 1 heterocycles. The molecule has 0 radical (unpaired) electrons. The number of aliphatic hydroxyl groups excluding tert-OH is 1. The van der Waals surface area contributed by atoms with Crippen LogP contribution in [-0.4, -0.2) is 41.1 Å². The molecule has 1 fully saturated rings. The maximum atomic E-state index is 13.5. The second-order valence-corrected chi connectivity index (χ2v) is 5.24. The molecule has 88 valence electrons. The van der Waals surface area contributed by atoms with Crippen molar-refractivity contribution in [1.82, 2.24) is 4.90 Å². The summed E-state index contributed by atoms with van der Waals surface area (Å²) in [5, 5.41) is 10.2. The molecule has 0 spiro atoms. The van der Waals surface area contributed by atoms with Gasteiger partial charge in [-0.25, -0.2) is 4.39 Å². The summed E-state index contributed by atoms with van der Waals surface area (Å²) in [7, 11) is 1.98. The topological polar surface area (TPSA) is 23.5 Å². The quantitative estimate of drug-likeness (QED) is 0.855. The molecule has 1 aromatic rings. The van der Waals surface area contributed by atoms with E-state index in [1.807, 2.05) is 18.8 Å². The zero-order valence-electron chi connectivity index (χ0n) is 9.27. The van der Waals surface area contributed by atoms with Crippen LogP contribution in [0.3, 0.4) is 0 Å². The summed E-state index contributed by atoms with van der Waals surface area (Å²) in [5.74, 6) is 1.61. The van der Waals surface area contributed by atoms with Crippen LogP contribution in [0.4, 0.5) is 4.39 Å². The molecular weight excluding hydrogens is 225 g/mol. The van der Waals surface area contributed by atoms with Crippen molar-refractivity contribution in [3.8, 4) is 0 Å². The fourth-order valence-corrected chi connectivity index (χ4v) is 3.22. The van der Waals surface area contributed by atoms with Crippen molar-refractivity contribution in [2.45, 2.75) is 12.1 Å². The predicted molar refractivity (Wildman–Crippen MR) is 65.1 cm³/mol. The summed E-state index contributed by atoms with van der Waals surface area (Å²) in [6, 6.07) is 6.47. The first kappa shape index (κ1) is 11.9. The van der Waals surface area contributed by atoms with Gasteiger partial charge in [-0.3, -0.25) is 4.90 Å². The first-order valence-corrected chi connectivity index (χ1v) is 6.56. The second kappa shape index (κ2) is 5.17. The van der Waals surface area contributed by atoms with Crippen LogP contribution in [0.1, 0.15) is 11.7 Å². The Morgan fingerprint density at radius 2 is 2.25 bits per heavy atom. The van der Waals surface area contributed by atoms with Crippen molar-refractivity contribution in [2.24, 2.45) is 0 Å². The number of thioether (sulfide) groups is 1. The lowest BCUT2D eigenvalue weighted by atomic mass is 10.0. The van der Waals surface area contributed by atoms with E-state index in [1.54, 1.807) is 18.2 Å². The molecule has 1 N–H and O–H groups in total. The van der Waals surface area contributed by atoms with E-state index in [9.17, 15) is 9.50 Å². The highest BCUT2D eigenvalue weighted by Crippen LogP contribution is 2.27. The monoisotopic (exact) mass is 241 g/mol. The third-order valence-electron chi connectivity index (χ3n) is 3.03. The molecule has 1 saturated heterocycles. The zero-order valence-corrected chi connectivity index (χ0v) is 10.1. The van der Waals surface area contributed by atoms with Crippen LogP contribution in [0.2, 0.25) is 0 Å². The fourth-order valence-electron chi connectivity index (χ4n) is 1.96. The summed E-state index contributed by atoms with van der Waals surface area (Å²) >= 11 is 1.81. The minimum Gasteiger partial charge on any atom is -0.387 e. The number of hydrogen-bond acceptors (Lipinski definition) is 3. The van der Waals surface area contributed by atoms with E-state index in [0.717, 1.165) is 18.1 Å². The lowest BCUT2D eigenvalue weighted by Crippen LogP contribution is -2.43. The standard InChI is InChI=1S/C12H16FNOS/c1-14-6-7-16-8-11(14)12(15)9-4-2-3-5-10(9)13/h2-5,11-12,15H,6-8H2,1H3. The fraction of sp³-hybridized carbons (Fsp3) is 0.500. The van der Waals surface area contributed by atoms with Gasteiger partial charge in [0.25, 0.3) is 0 Å². The number of benzene rings is 1. The molecule has 0 aromatic heterocycles. The van der Waals surface area contributed by atoms with Crippen molar-refractivity contribution in [3.05, 3.63) is 35.6 Å². The molecule has 1 aliphatic heterocycles. The second-order valence-electron chi connectivity index (χ2n) is 4.09. The van der Waals surface area contributed by atoms with Gasteiger partial charge < -0.3 is 5.11 Å². The molecule has 0 amide bonds. The van der Waals surface area contributed by atoms with Gasteiger partial charge in [0, 0.05) is 29.7 Å². The van der Waals surface area contributed by atoms with Crippen molar-refractivity contribution in [2.75, 3.05) is 25.1 Å². The minimum absolute atomic E-state index is 0.00986. The van der Waals surface area contributed by atoms with Gasteiger partial charge in [-0.1, -0.05) is 18.2 Å². The van der Waals surface area contributed by atoms with Crippen LogP contribution in [0.5, 0.6) is 0 Å². The number of rotatable bonds is 2. The van der Waals surface area contributed by atoms with E-state index in [-0.39, 0.29) is 11.9 Å². The highest BCUT2D eigenvalue weighted by atomic mass is 32.2. The lowest BCUT2D eigenvalue weighted by molar-refractivity contribution is 0.0731. The third kappa shape index (κ3) is 2.39. The van der Waals surface area contributed by atoms with E-state index in [4.69, 9.17) is 0 Å². The van der Waals surface area contributed by atoms with E-state index in [2.05, 4.69) is 4.90 Å². The molecule has 4 heteroatoms. The first-order chi connectivity index (χ1) is 7.70. The molecule has 2 unspecified atom stereocenters. The molecule has 1 aliphatic rings. The third-order valence-corrected chi connectivity index (χ3v) is 4.08. The average Bonchev–Trinajstić information content (AvgIpc) is 2.29. The smallest absolute Gasteiger partial charge is 0.129 e. The van der Waals surface area contributed by atoms with E-state index in [0.29, 0.717) is 5.56 Å².